The van der Waals surface area contributed by atoms with E-state index < -0.39 is 0 Å². The molecule has 0 saturated carbocycles. The van der Waals surface area contributed by atoms with Gasteiger partial charge in [-0.2, -0.15) is 0 Å². The number of hydrogen-bond donors (Lipinski definition) is 0. The van der Waals surface area contributed by atoms with Crippen LogP contribution in [0.3, 0.4) is 0 Å². The molecule has 3 heteroatoms. The molecule has 0 radical (unpaired) electrons. The number of para-hydroxylation sites is 4. The minimum Gasteiger partial charge on any atom is -0.456 e. The van der Waals surface area contributed by atoms with E-state index in [2.05, 4.69) is 211 Å². The highest BCUT2D eigenvalue weighted by Crippen LogP contribution is 2.53. The number of rotatable bonds is 6. The molecular weight excluding hydrogens is 681 g/mol. The highest BCUT2D eigenvalue weighted by molar-refractivity contribution is 6.18. The third kappa shape index (κ3) is 5.12. The van der Waals surface area contributed by atoms with Crippen LogP contribution in [0.15, 0.2) is 216 Å². The van der Waals surface area contributed by atoms with Gasteiger partial charge < -0.3 is 14.2 Å². The molecule has 3 aliphatic rings. The maximum absolute atomic E-state index is 6.22. The average Bonchev–Trinajstić information content (AvgIpc) is 3.82. The van der Waals surface area contributed by atoms with Crippen LogP contribution in [0.5, 0.6) is 0 Å². The Kier molecular flexibility index (Phi) is 7.50. The Morgan fingerprint density at radius 3 is 2.32 bits per heavy atom. The Labute approximate surface area is 327 Å². The second-order valence-corrected chi connectivity index (χ2v) is 15.5. The molecule has 1 aromatic heterocycles. The first kappa shape index (κ1) is 32.6. The van der Waals surface area contributed by atoms with Gasteiger partial charge in [0.1, 0.15) is 11.2 Å². The molecule has 3 atom stereocenters. The minimum atomic E-state index is -0.173. The summed E-state index contributed by atoms with van der Waals surface area (Å²) in [7, 11) is 0. The van der Waals surface area contributed by atoms with Crippen LogP contribution >= 0.6 is 0 Å². The molecule has 0 spiro atoms. The monoisotopic (exact) mass is 720 g/mol. The van der Waals surface area contributed by atoms with E-state index in [0.29, 0.717) is 0 Å². The molecule has 2 aliphatic carbocycles. The molecule has 0 saturated heterocycles. The van der Waals surface area contributed by atoms with Gasteiger partial charge in [-0.1, -0.05) is 159 Å². The smallest absolute Gasteiger partial charge is 0.136 e. The van der Waals surface area contributed by atoms with Crippen molar-refractivity contribution in [3.8, 4) is 11.1 Å². The Bertz CT molecular complexity index is 2930. The molecule has 268 valence electrons. The van der Waals surface area contributed by atoms with Crippen LogP contribution < -0.4 is 9.80 Å². The first-order chi connectivity index (χ1) is 27.6. The zero-order valence-electron chi connectivity index (χ0n) is 31.2. The number of anilines is 3. The lowest BCUT2D eigenvalue weighted by Gasteiger charge is -2.41. The van der Waals surface area contributed by atoms with Gasteiger partial charge in [-0.05, 0) is 82.4 Å². The summed E-state index contributed by atoms with van der Waals surface area (Å²) in [6.45, 7) is 2.37. The lowest BCUT2D eigenvalue weighted by molar-refractivity contribution is 0.587. The highest BCUT2D eigenvalue weighted by atomic mass is 16.3. The molecule has 2 heterocycles. The highest BCUT2D eigenvalue weighted by Gasteiger charge is 2.43. The van der Waals surface area contributed by atoms with Gasteiger partial charge >= 0.3 is 0 Å². The van der Waals surface area contributed by atoms with Crippen molar-refractivity contribution in [3.63, 3.8) is 0 Å². The van der Waals surface area contributed by atoms with E-state index >= 15 is 0 Å². The van der Waals surface area contributed by atoms with E-state index in [1.165, 1.54) is 72.3 Å². The van der Waals surface area contributed by atoms with E-state index in [-0.39, 0.29) is 17.4 Å². The third-order valence-electron chi connectivity index (χ3n) is 12.2. The summed E-state index contributed by atoms with van der Waals surface area (Å²) in [5, 5.41) is 4.82. The van der Waals surface area contributed by atoms with E-state index in [0.717, 1.165) is 17.6 Å². The van der Waals surface area contributed by atoms with Crippen molar-refractivity contribution in [2.75, 3.05) is 9.80 Å². The van der Waals surface area contributed by atoms with E-state index in [1.807, 2.05) is 6.07 Å². The standard InChI is InChI=1S/C53H40N2O/c1-53(38-28-29-42-37(35-38)27-30-50-51(42)44-21-10-13-26-49(44)56-50)33-31-40(32-34-53)55(45-22-11-8-19-41(45)36-15-4-2-5-16-36)48-25-14-24-47-52(48)43-20-9-12-23-46(43)54(47)39-17-6-3-7-18-39/h2-33,35,48,52H,34H2,1H3. The Hall–Kier alpha value is -6.84. The number of allylic oxidation sites excluding steroid dienone is 5. The van der Waals surface area contributed by atoms with Crippen LogP contribution in [0.4, 0.5) is 17.1 Å². The van der Waals surface area contributed by atoms with Crippen molar-refractivity contribution in [3.05, 3.63) is 223 Å². The summed E-state index contributed by atoms with van der Waals surface area (Å²) >= 11 is 0. The zero-order chi connectivity index (χ0) is 37.2. The van der Waals surface area contributed by atoms with Crippen molar-refractivity contribution in [1.82, 2.24) is 0 Å². The first-order valence-electron chi connectivity index (χ1n) is 19.6. The zero-order valence-corrected chi connectivity index (χ0v) is 31.2. The summed E-state index contributed by atoms with van der Waals surface area (Å²) < 4.78 is 6.22. The molecule has 11 rings (SSSR count). The molecule has 3 unspecified atom stereocenters. The molecule has 8 aromatic rings. The summed E-state index contributed by atoms with van der Waals surface area (Å²) in [4.78, 5) is 5.07. The second kappa shape index (κ2) is 12.9. The van der Waals surface area contributed by atoms with Crippen LogP contribution in [0, 0.1) is 0 Å². The van der Waals surface area contributed by atoms with Crippen molar-refractivity contribution in [2.45, 2.75) is 30.7 Å². The van der Waals surface area contributed by atoms with E-state index in [4.69, 9.17) is 4.42 Å². The molecular formula is C53H40N2O. The summed E-state index contributed by atoms with van der Waals surface area (Å²) in [6, 6.07) is 59.2. The quantitative estimate of drug-likeness (QED) is 0.170. The second-order valence-electron chi connectivity index (χ2n) is 15.5. The van der Waals surface area contributed by atoms with Gasteiger partial charge in [0.15, 0.2) is 0 Å². The number of furan rings is 1. The van der Waals surface area contributed by atoms with Gasteiger partial charge in [0.05, 0.1) is 12.0 Å². The first-order valence-corrected chi connectivity index (χ1v) is 19.6. The van der Waals surface area contributed by atoms with E-state index in [1.54, 1.807) is 0 Å². The van der Waals surface area contributed by atoms with Gasteiger partial charge in [0.25, 0.3) is 0 Å². The van der Waals surface area contributed by atoms with Crippen LogP contribution in [0.1, 0.15) is 30.4 Å². The fraction of sp³-hybridized carbons (Fsp3) is 0.0943. The maximum Gasteiger partial charge on any atom is 0.136 e. The Morgan fingerprint density at radius 2 is 1.46 bits per heavy atom. The molecule has 7 aromatic carbocycles. The molecule has 0 fully saturated rings. The lowest BCUT2D eigenvalue weighted by atomic mass is 9.75. The predicted octanol–water partition coefficient (Wildman–Crippen LogP) is 13.8. The minimum absolute atomic E-state index is 0.0304. The normalized spacial score (nSPS) is 19.9. The predicted molar refractivity (Wildman–Crippen MR) is 234 cm³/mol. The molecule has 1 aliphatic heterocycles. The number of nitrogens with zero attached hydrogens (tertiary/aromatic N) is 2. The molecule has 3 nitrogen and oxygen atoms in total. The van der Waals surface area contributed by atoms with Gasteiger partial charge in [0, 0.05) is 50.2 Å². The van der Waals surface area contributed by atoms with Crippen LogP contribution in [-0.2, 0) is 5.41 Å². The Balaban J connectivity index is 1.02. The van der Waals surface area contributed by atoms with Crippen LogP contribution in [-0.4, -0.2) is 6.04 Å². The summed E-state index contributed by atoms with van der Waals surface area (Å²) in [5.74, 6) is 0.124. The number of hydrogen-bond acceptors (Lipinski definition) is 3. The van der Waals surface area contributed by atoms with E-state index in [9.17, 15) is 0 Å². The van der Waals surface area contributed by atoms with Gasteiger partial charge in [-0.25, -0.2) is 0 Å². The third-order valence-corrected chi connectivity index (χ3v) is 12.2. The molecule has 56 heavy (non-hydrogen) atoms. The van der Waals surface area contributed by atoms with Crippen molar-refractivity contribution >= 4 is 49.8 Å². The fourth-order valence-corrected chi connectivity index (χ4v) is 9.45. The van der Waals surface area contributed by atoms with Crippen molar-refractivity contribution in [1.29, 1.82) is 0 Å². The Morgan fingerprint density at radius 1 is 0.696 bits per heavy atom. The molecule has 0 N–H and O–H groups in total. The number of fused-ring (bicyclic) bond motifs is 8. The van der Waals surface area contributed by atoms with Crippen LogP contribution in [0.25, 0.3) is 43.8 Å². The maximum atomic E-state index is 6.22. The lowest BCUT2D eigenvalue weighted by Crippen LogP contribution is -2.40. The molecule has 0 bridgehead atoms. The summed E-state index contributed by atoms with van der Waals surface area (Å²) in [5.41, 5.74) is 12.9. The van der Waals surface area contributed by atoms with Gasteiger partial charge in [0.2, 0.25) is 0 Å². The van der Waals surface area contributed by atoms with Crippen molar-refractivity contribution in [2.24, 2.45) is 0 Å². The topological polar surface area (TPSA) is 19.6 Å². The van der Waals surface area contributed by atoms with Gasteiger partial charge in [-0.3, -0.25) is 0 Å². The molecule has 0 amide bonds. The summed E-state index contributed by atoms with van der Waals surface area (Å²) in [6.07, 6.45) is 15.2. The fourth-order valence-electron chi connectivity index (χ4n) is 9.45. The van der Waals surface area contributed by atoms with Gasteiger partial charge in [-0.15, -0.1) is 0 Å². The SMILES string of the molecule is CC1(c2ccc3c(ccc4oc5ccccc5c43)c2)C=CC(N(c2ccccc2-c2ccccc2)C2C=CC=C3C2c2ccccc2N3c2ccccc2)=CC1. The van der Waals surface area contributed by atoms with Crippen molar-refractivity contribution < 1.29 is 4.42 Å². The average molecular weight is 721 g/mol. The van der Waals surface area contributed by atoms with Crippen LogP contribution in [0.2, 0.25) is 0 Å². The number of benzene rings is 7. The largest absolute Gasteiger partial charge is 0.456 e.